The van der Waals surface area contributed by atoms with Crippen molar-refractivity contribution < 1.29 is 14.6 Å². The Morgan fingerprint density at radius 2 is 2.38 bits per heavy atom. The zero-order chi connectivity index (χ0) is 9.84. The van der Waals surface area contributed by atoms with Gasteiger partial charge >= 0.3 is 0 Å². The lowest BCUT2D eigenvalue weighted by molar-refractivity contribution is -0.150. The number of carbonyl (C=O) groups excluding carboxylic acids is 1. The van der Waals surface area contributed by atoms with Crippen molar-refractivity contribution in [3.8, 4) is 0 Å². The van der Waals surface area contributed by atoms with Gasteiger partial charge in [0, 0.05) is 6.54 Å². The summed E-state index contributed by atoms with van der Waals surface area (Å²) in [6, 6.07) is -0.149. The standard InChI is InChI=1S/C9H17NO3/c1-7(2)3-10-8(4-11)5-13-6-9(10)12/h7-8,11H,3-6H2,1-2H3. The molecule has 4 nitrogen and oxygen atoms in total. The second-order valence-electron chi connectivity index (χ2n) is 3.79. The molecule has 1 heterocycles. The van der Waals surface area contributed by atoms with Crippen molar-refractivity contribution in [3.05, 3.63) is 0 Å². The number of aliphatic hydroxyl groups is 1. The number of amides is 1. The van der Waals surface area contributed by atoms with Gasteiger partial charge in [-0.25, -0.2) is 0 Å². The number of morpholine rings is 1. The molecule has 0 saturated carbocycles. The molecule has 0 bridgehead atoms. The number of hydrogen-bond donors (Lipinski definition) is 1. The molecule has 0 aromatic heterocycles. The molecule has 76 valence electrons. The predicted octanol–water partition coefficient (Wildman–Crippen LogP) is -0.138. The molecule has 1 unspecified atom stereocenters. The molecule has 1 aliphatic heterocycles. The molecule has 0 spiro atoms. The van der Waals surface area contributed by atoms with E-state index in [0.29, 0.717) is 19.1 Å². The average molecular weight is 187 g/mol. The Balaban J connectivity index is 2.56. The minimum Gasteiger partial charge on any atom is -0.394 e. The van der Waals surface area contributed by atoms with E-state index in [1.54, 1.807) is 4.90 Å². The molecule has 4 heteroatoms. The Kier molecular flexibility index (Phi) is 3.69. The van der Waals surface area contributed by atoms with Crippen LogP contribution in [0.15, 0.2) is 0 Å². The van der Waals surface area contributed by atoms with E-state index in [1.165, 1.54) is 0 Å². The minimum atomic E-state index is -0.149. The molecule has 1 rings (SSSR count). The van der Waals surface area contributed by atoms with Crippen molar-refractivity contribution in [1.29, 1.82) is 0 Å². The van der Waals surface area contributed by atoms with Crippen LogP contribution in [0.1, 0.15) is 13.8 Å². The zero-order valence-electron chi connectivity index (χ0n) is 8.19. The molecule has 1 atom stereocenters. The summed E-state index contributed by atoms with van der Waals surface area (Å²) in [5, 5.41) is 9.02. The Bertz CT molecular complexity index is 182. The van der Waals surface area contributed by atoms with E-state index in [4.69, 9.17) is 9.84 Å². The van der Waals surface area contributed by atoms with E-state index in [1.807, 2.05) is 0 Å². The second kappa shape index (κ2) is 4.58. The fourth-order valence-corrected chi connectivity index (χ4v) is 1.45. The fraction of sp³-hybridized carbons (Fsp3) is 0.889. The summed E-state index contributed by atoms with van der Waals surface area (Å²) in [6.07, 6.45) is 0. The molecule has 1 saturated heterocycles. The highest BCUT2D eigenvalue weighted by molar-refractivity contribution is 5.78. The van der Waals surface area contributed by atoms with Gasteiger partial charge in [-0.2, -0.15) is 0 Å². The van der Waals surface area contributed by atoms with Gasteiger partial charge in [-0.15, -0.1) is 0 Å². The van der Waals surface area contributed by atoms with E-state index in [-0.39, 0.29) is 25.2 Å². The maximum atomic E-state index is 11.4. The summed E-state index contributed by atoms with van der Waals surface area (Å²) in [7, 11) is 0. The number of rotatable bonds is 3. The number of aliphatic hydroxyl groups excluding tert-OH is 1. The first-order valence-corrected chi connectivity index (χ1v) is 4.63. The molecule has 0 aromatic rings. The highest BCUT2D eigenvalue weighted by Crippen LogP contribution is 2.10. The number of nitrogens with zero attached hydrogens (tertiary/aromatic N) is 1. The normalized spacial score (nSPS) is 24.2. The summed E-state index contributed by atoms with van der Waals surface area (Å²) < 4.78 is 5.05. The van der Waals surface area contributed by atoms with E-state index in [2.05, 4.69) is 13.8 Å². The quantitative estimate of drug-likeness (QED) is 0.669. The van der Waals surface area contributed by atoms with E-state index >= 15 is 0 Å². The van der Waals surface area contributed by atoms with Gasteiger partial charge in [0.15, 0.2) is 0 Å². The molecular weight excluding hydrogens is 170 g/mol. The lowest BCUT2D eigenvalue weighted by Gasteiger charge is -2.35. The third kappa shape index (κ3) is 2.67. The van der Waals surface area contributed by atoms with Gasteiger partial charge in [-0.05, 0) is 5.92 Å². The van der Waals surface area contributed by atoms with Crippen LogP contribution in [-0.4, -0.2) is 48.3 Å². The van der Waals surface area contributed by atoms with Crippen LogP contribution in [0.5, 0.6) is 0 Å². The third-order valence-electron chi connectivity index (χ3n) is 2.07. The number of carbonyl (C=O) groups is 1. The first kappa shape index (κ1) is 10.5. The summed E-state index contributed by atoms with van der Waals surface area (Å²) in [6.45, 7) is 5.40. The van der Waals surface area contributed by atoms with Crippen LogP contribution in [-0.2, 0) is 9.53 Å². The smallest absolute Gasteiger partial charge is 0.248 e. The molecule has 13 heavy (non-hydrogen) atoms. The van der Waals surface area contributed by atoms with Crippen LogP contribution in [0.4, 0.5) is 0 Å². The van der Waals surface area contributed by atoms with Crippen molar-refractivity contribution in [2.45, 2.75) is 19.9 Å². The molecule has 0 aromatic carbocycles. The first-order valence-electron chi connectivity index (χ1n) is 4.63. The van der Waals surface area contributed by atoms with Crippen molar-refractivity contribution in [2.24, 2.45) is 5.92 Å². The second-order valence-corrected chi connectivity index (χ2v) is 3.79. The number of ether oxygens (including phenoxy) is 1. The maximum absolute atomic E-state index is 11.4. The topological polar surface area (TPSA) is 49.8 Å². The summed E-state index contributed by atoms with van der Waals surface area (Å²) in [5.74, 6) is 0.412. The van der Waals surface area contributed by atoms with Crippen LogP contribution in [0.3, 0.4) is 0 Å². The molecule has 1 amide bonds. The Labute approximate surface area is 78.5 Å². The fourth-order valence-electron chi connectivity index (χ4n) is 1.45. The van der Waals surface area contributed by atoms with Crippen molar-refractivity contribution in [2.75, 3.05) is 26.4 Å². The minimum absolute atomic E-state index is 0.0148. The van der Waals surface area contributed by atoms with Gasteiger partial charge in [-0.1, -0.05) is 13.8 Å². The largest absolute Gasteiger partial charge is 0.394 e. The SMILES string of the molecule is CC(C)CN1C(=O)COCC1CO. The van der Waals surface area contributed by atoms with Crippen molar-refractivity contribution >= 4 is 5.91 Å². The van der Waals surface area contributed by atoms with Crippen LogP contribution < -0.4 is 0 Å². The average Bonchev–Trinajstić information content (AvgIpc) is 2.08. The maximum Gasteiger partial charge on any atom is 0.248 e. The predicted molar refractivity (Wildman–Crippen MR) is 48.2 cm³/mol. The van der Waals surface area contributed by atoms with Gasteiger partial charge in [0.1, 0.15) is 6.61 Å². The molecular formula is C9H17NO3. The highest BCUT2D eigenvalue weighted by atomic mass is 16.5. The molecule has 0 radical (unpaired) electrons. The van der Waals surface area contributed by atoms with Crippen LogP contribution in [0.2, 0.25) is 0 Å². The number of hydrogen-bond acceptors (Lipinski definition) is 3. The van der Waals surface area contributed by atoms with Gasteiger partial charge in [0.25, 0.3) is 0 Å². The molecule has 0 aliphatic carbocycles. The Morgan fingerprint density at radius 3 is 2.92 bits per heavy atom. The molecule has 1 fully saturated rings. The van der Waals surface area contributed by atoms with Crippen molar-refractivity contribution in [1.82, 2.24) is 4.90 Å². The molecule has 1 aliphatic rings. The van der Waals surface area contributed by atoms with Gasteiger partial charge in [-0.3, -0.25) is 4.79 Å². The lowest BCUT2D eigenvalue weighted by atomic mass is 10.1. The Morgan fingerprint density at radius 1 is 1.69 bits per heavy atom. The van der Waals surface area contributed by atoms with Crippen molar-refractivity contribution in [3.63, 3.8) is 0 Å². The van der Waals surface area contributed by atoms with E-state index < -0.39 is 0 Å². The van der Waals surface area contributed by atoms with Gasteiger partial charge in [0.2, 0.25) is 5.91 Å². The van der Waals surface area contributed by atoms with Gasteiger partial charge in [0.05, 0.1) is 19.3 Å². The molecule has 1 N–H and O–H groups in total. The first-order chi connectivity index (χ1) is 6.15. The van der Waals surface area contributed by atoms with Crippen LogP contribution in [0.25, 0.3) is 0 Å². The summed E-state index contributed by atoms with van der Waals surface area (Å²) in [5.41, 5.74) is 0. The van der Waals surface area contributed by atoms with E-state index in [9.17, 15) is 4.79 Å². The van der Waals surface area contributed by atoms with Gasteiger partial charge < -0.3 is 14.7 Å². The highest BCUT2D eigenvalue weighted by Gasteiger charge is 2.28. The van der Waals surface area contributed by atoms with E-state index in [0.717, 1.165) is 0 Å². The zero-order valence-corrected chi connectivity index (χ0v) is 8.19. The summed E-state index contributed by atoms with van der Waals surface area (Å²) >= 11 is 0. The Hall–Kier alpha value is -0.610. The van der Waals surface area contributed by atoms with Crippen LogP contribution in [0, 0.1) is 5.92 Å². The summed E-state index contributed by atoms with van der Waals surface area (Å²) in [4.78, 5) is 13.1. The lowest BCUT2D eigenvalue weighted by Crippen LogP contribution is -2.52. The third-order valence-corrected chi connectivity index (χ3v) is 2.07. The van der Waals surface area contributed by atoms with Crippen LogP contribution >= 0.6 is 0 Å². The monoisotopic (exact) mass is 187 g/mol.